The standard InChI is InChI=1S/C26H16BrFN2O3/c27-18-3-1-2-17(14-18)26-30-22-15-20(8-11-24(22)33-26)29-25(31)13-10-21-9-12-23(32-21)16-4-6-19(28)7-5-16/h1-15H,(H,29,31)/b13-10+. The summed E-state index contributed by atoms with van der Waals surface area (Å²) in [4.78, 5) is 16.9. The highest BCUT2D eigenvalue weighted by molar-refractivity contribution is 9.10. The molecule has 2 heterocycles. The maximum Gasteiger partial charge on any atom is 0.248 e. The summed E-state index contributed by atoms with van der Waals surface area (Å²) in [6.07, 6.45) is 2.95. The Hall–Kier alpha value is -3.97. The lowest BCUT2D eigenvalue weighted by molar-refractivity contribution is -0.111. The number of anilines is 1. The van der Waals surface area contributed by atoms with Gasteiger partial charge in [0.1, 0.15) is 22.9 Å². The van der Waals surface area contributed by atoms with Crippen molar-refractivity contribution in [1.82, 2.24) is 4.98 Å². The van der Waals surface area contributed by atoms with Crippen LogP contribution in [0.5, 0.6) is 0 Å². The normalized spacial score (nSPS) is 11.3. The molecule has 0 aliphatic rings. The smallest absolute Gasteiger partial charge is 0.248 e. The highest BCUT2D eigenvalue weighted by Gasteiger charge is 2.10. The van der Waals surface area contributed by atoms with Gasteiger partial charge in [0, 0.05) is 27.4 Å². The van der Waals surface area contributed by atoms with Gasteiger partial charge in [-0.05, 0) is 78.9 Å². The molecule has 162 valence electrons. The molecule has 5 rings (SSSR count). The van der Waals surface area contributed by atoms with E-state index >= 15 is 0 Å². The molecule has 0 atom stereocenters. The van der Waals surface area contributed by atoms with Gasteiger partial charge in [-0.1, -0.05) is 22.0 Å². The van der Waals surface area contributed by atoms with Crippen molar-refractivity contribution < 1.29 is 18.0 Å². The van der Waals surface area contributed by atoms with E-state index in [4.69, 9.17) is 8.83 Å². The first-order chi connectivity index (χ1) is 16.0. The minimum absolute atomic E-state index is 0.310. The molecular weight excluding hydrogens is 487 g/mol. The van der Waals surface area contributed by atoms with Crippen LogP contribution in [0.4, 0.5) is 10.1 Å². The van der Waals surface area contributed by atoms with Crippen molar-refractivity contribution in [3.8, 4) is 22.8 Å². The second kappa shape index (κ2) is 8.88. The quantitative estimate of drug-likeness (QED) is 0.256. The molecule has 33 heavy (non-hydrogen) atoms. The minimum atomic E-state index is -0.315. The Kier molecular flexibility index (Phi) is 5.62. The Bertz CT molecular complexity index is 1490. The molecule has 7 heteroatoms. The van der Waals surface area contributed by atoms with E-state index in [1.807, 2.05) is 24.3 Å². The predicted molar refractivity (Wildman–Crippen MR) is 129 cm³/mol. The van der Waals surface area contributed by atoms with Crippen molar-refractivity contribution in [3.05, 3.63) is 101 Å². The van der Waals surface area contributed by atoms with E-state index in [2.05, 4.69) is 26.2 Å². The first kappa shape index (κ1) is 20.9. The summed E-state index contributed by atoms with van der Waals surface area (Å²) in [7, 11) is 0. The molecule has 2 aromatic heterocycles. The molecule has 0 aliphatic carbocycles. The Morgan fingerprint density at radius 2 is 1.79 bits per heavy atom. The molecule has 0 unspecified atom stereocenters. The lowest BCUT2D eigenvalue weighted by atomic mass is 10.2. The first-order valence-electron chi connectivity index (χ1n) is 10.0. The van der Waals surface area contributed by atoms with Gasteiger partial charge < -0.3 is 14.2 Å². The third kappa shape index (κ3) is 4.78. The van der Waals surface area contributed by atoms with Gasteiger partial charge in [-0.2, -0.15) is 0 Å². The fourth-order valence-corrected chi connectivity index (χ4v) is 3.70. The molecule has 5 nitrogen and oxygen atoms in total. The van der Waals surface area contributed by atoms with Gasteiger partial charge in [0.2, 0.25) is 11.8 Å². The van der Waals surface area contributed by atoms with Crippen molar-refractivity contribution in [1.29, 1.82) is 0 Å². The number of nitrogens with zero attached hydrogens (tertiary/aromatic N) is 1. The zero-order chi connectivity index (χ0) is 22.8. The van der Waals surface area contributed by atoms with Gasteiger partial charge in [0.05, 0.1) is 0 Å². The van der Waals surface area contributed by atoms with Crippen LogP contribution in [0.25, 0.3) is 40.0 Å². The SMILES string of the molecule is O=C(/C=C/c1ccc(-c2ccc(F)cc2)o1)Nc1ccc2oc(-c3cccc(Br)c3)nc2c1. The molecule has 0 spiro atoms. The van der Waals surface area contributed by atoms with E-state index in [0.29, 0.717) is 34.2 Å². The van der Waals surface area contributed by atoms with Crippen molar-refractivity contribution in [2.45, 2.75) is 0 Å². The number of hydrogen-bond acceptors (Lipinski definition) is 4. The summed E-state index contributed by atoms with van der Waals surface area (Å²) in [6, 6.07) is 22.5. The Morgan fingerprint density at radius 3 is 2.61 bits per heavy atom. The summed E-state index contributed by atoms with van der Waals surface area (Å²) < 4.78 is 25.5. The van der Waals surface area contributed by atoms with Crippen LogP contribution >= 0.6 is 15.9 Å². The summed E-state index contributed by atoms with van der Waals surface area (Å²) >= 11 is 3.45. The Balaban J connectivity index is 1.28. The van der Waals surface area contributed by atoms with Gasteiger partial charge in [-0.25, -0.2) is 9.37 Å². The molecular formula is C26H16BrFN2O3. The number of halogens is 2. The van der Waals surface area contributed by atoms with Crippen LogP contribution in [0, 0.1) is 5.82 Å². The highest BCUT2D eigenvalue weighted by atomic mass is 79.9. The molecule has 3 aromatic carbocycles. The van der Waals surface area contributed by atoms with Crippen molar-refractivity contribution in [3.63, 3.8) is 0 Å². The second-order valence-electron chi connectivity index (χ2n) is 7.24. The number of furan rings is 1. The topological polar surface area (TPSA) is 68.3 Å². The number of aromatic nitrogens is 1. The van der Waals surface area contributed by atoms with Crippen LogP contribution in [0.2, 0.25) is 0 Å². The summed E-state index contributed by atoms with van der Waals surface area (Å²) in [5.74, 6) is 0.979. The molecule has 1 amide bonds. The van der Waals surface area contributed by atoms with Gasteiger partial charge in [-0.15, -0.1) is 0 Å². The van der Waals surface area contributed by atoms with Crippen LogP contribution in [0.3, 0.4) is 0 Å². The Labute approximate surface area is 196 Å². The van der Waals surface area contributed by atoms with Gasteiger partial charge in [-0.3, -0.25) is 4.79 Å². The maximum atomic E-state index is 13.1. The molecule has 0 radical (unpaired) electrons. The average Bonchev–Trinajstić information content (AvgIpc) is 3.45. The molecule has 0 fully saturated rings. The van der Waals surface area contributed by atoms with Gasteiger partial charge >= 0.3 is 0 Å². The Morgan fingerprint density at radius 1 is 0.939 bits per heavy atom. The average molecular weight is 503 g/mol. The number of fused-ring (bicyclic) bond motifs is 1. The molecule has 0 aliphatic heterocycles. The molecule has 5 aromatic rings. The zero-order valence-electron chi connectivity index (χ0n) is 17.1. The lowest BCUT2D eigenvalue weighted by Gasteiger charge is -2.00. The van der Waals surface area contributed by atoms with Crippen molar-refractivity contribution >= 4 is 44.7 Å². The maximum absolute atomic E-state index is 13.1. The summed E-state index contributed by atoms with van der Waals surface area (Å²) in [5.41, 5.74) is 3.47. The number of carbonyl (C=O) groups is 1. The largest absolute Gasteiger partial charge is 0.457 e. The highest BCUT2D eigenvalue weighted by Crippen LogP contribution is 2.28. The molecule has 0 bridgehead atoms. The fourth-order valence-electron chi connectivity index (χ4n) is 3.30. The van der Waals surface area contributed by atoms with E-state index in [9.17, 15) is 9.18 Å². The number of hydrogen-bond donors (Lipinski definition) is 1. The lowest BCUT2D eigenvalue weighted by Crippen LogP contribution is -2.07. The number of amides is 1. The van der Waals surface area contributed by atoms with E-state index < -0.39 is 0 Å². The predicted octanol–water partition coefficient (Wildman–Crippen LogP) is 7.31. The molecule has 1 N–H and O–H groups in total. The fraction of sp³-hybridized carbons (Fsp3) is 0. The van der Waals surface area contributed by atoms with Crippen LogP contribution in [0.1, 0.15) is 5.76 Å². The monoisotopic (exact) mass is 502 g/mol. The van der Waals surface area contributed by atoms with Crippen LogP contribution < -0.4 is 5.32 Å². The van der Waals surface area contributed by atoms with Crippen molar-refractivity contribution in [2.75, 3.05) is 5.32 Å². The molecule has 0 saturated carbocycles. The van der Waals surface area contributed by atoms with Gasteiger partial charge in [0.25, 0.3) is 0 Å². The molecule has 0 saturated heterocycles. The summed E-state index contributed by atoms with van der Waals surface area (Å²) in [5, 5.41) is 2.81. The third-order valence-corrected chi connectivity index (χ3v) is 5.37. The van der Waals surface area contributed by atoms with E-state index in [1.54, 1.807) is 48.5 Å². The number of nitrogens with one attached hydrogen (secondary N) is 1. The van der Waals surface area contributed by atoms with Crippen LogP contribution in [-0.2, 0) is 4.79 Å². The number of oxazole rings is 1. The van der Waals surface area contributed by atoms with E-state index in [-0.39, 0.29) is 11.7 Å². The van der Waals surface area contributed by atoms with E-state index in [1.165, 1.54) is 18.2 Å². The first-order valence-corrected chi connectivity index (χ1v) is 10.8. The summed E-state index contributed by atoms with van der Waals surface area (Å²) in [6.45, 7) is 0. The third-order valence-electron chi connectivity index (χ3n) is 4.88. The zero-order valence-corrected chi connectivity index (χ0v) is 18.7. The number of carbonyl (C=O) groups excluding carboxylic acids is 1. The van der Waals surface area contributed by atoms with Crippen molar-refractivity contribution in [2.24, 2.45) is 0 Å². The second-order valence-corrected chi connectivity index (χ2v) is 8.16. The van der Waals surface area contributed by atoms with Crippen LogP contribution in [0.15, 0.2) is 98.2 Å². The number of benzene rings is 3. The van der Waals surface area contributed by atoms with Gasteiger partial charge in [0.15, 0.2) is 5.58 Å². The van der Waals surface area contributed by atoms with Crippen LogP contribution in [-0.4, -0.2) is 10.9 Å². The number of rotatable bonds is 5. The van der Waals surface area contributed by atoms with E-state index in [0.717, 1.165) is 15.6 Å². The minimum Gasteiger partial charge on any atom is -0.457 e.